The molecule has 37 heavy (non-hydrogen) atoms. The van der Waals surface area contributed by atoms with Gasteiger partial charge in [-0.25, -0.2) is 0 Å². The third-order valence-electron chi connectivity index (χ3n) is 6.17. The maximum absolute atomic E-state index is 13.7. The predicted molar refractivity (Wildman–Crippen MR) is 133 cm³/mol. The van der Waals surface area contributed by atoms with Crippen LogP contribution in [0.1, 0.15) is 65.0 Å². The lowest BCUT2D eigenvalue weighted by atomic mass is 9.80. The first-order chi connectivity index (χ1) is 17.6. The summed E-state index contributed by atoms with van der Waals surface area (Å²) in [5, 5.41) is 2.65. The fraction of sp³-hybridized carbons (Fsp3) is 0.250. The number of hydrogen-bond acceptors (Lipinski definition) is 9. The number of nitrogens with one attached hydrogen (secondary N) is 1. The number of ketones is 4. The van der Waals surface area contributed by atoms with Crippen LogP contribution in [-0.2, 0) is 9.53 Å². The van der Waals surface area contributed by atoms with E-state index in [1.165, 1.54) is 26.4 Å². The Bertz CT molecular complexity index is 1460. The minimum Gasteiger partial charge on any atom is -0.496 e. The van der Waals surface area contributed by atoms with Crippen molar-refractivity contribution in [1.82, 2.24) is 5.32 Å². The largest absolute Gasteiger partial charge is 0.496 e. The summed E-state index contributed by atoms with van der Waals surface area (Å²) in [5.41, 5.74) is 1.75. The van der Waals surface area contributed by atoms with Crippen LogP contribution in [0.3, 0.4) is 0 Å². The fourth-order valence-corrected chi connectivity index (χ4v) is 4.61. The van der Waals surface area contributed by atoms with Gasteiger partial charge in [-0.05, 0) is 56.2 Å². The van der Waals surface area contributed by atoms with Crippen LogP contribution >= 0.6 is 0 Å². The summed E-state index contributed by atoms with van der Waals surface area (Å²) >= 11 is 0. The molecule has 1 N–H and O–H groups in total. The topological polar surface area (TPSA) is 125 Å². The molecule has 0 heterocycles. The lowest BCUT2D eigenvalue weighted by molar-refractivity contribution is -0.141. The van der Waals surface area contributed by atoms with Crippen molar-refractivity contribution in [2.75, 3.05) is 27.4 Å². The molecule has 2 aliphatic rings. The van der Waals surface area contributed by atoms with Crippen LogP contribution in [0.15, 0.2) is 36.0 Å². The number of Topliss-reactive ketones (excluding diaryl/α,β-unsaturated/α-hetero) is 2. The van der Waals surface area contributed by atoms with Gasteiger partial charge < -0.3 is 19.5 Å². The molecule has 0 aliphatic heterocycles. The number of allylic oxidation sites excluding steroid dienone is 4. The second-order valence-electron chi connectivity index (χ2n) is 8.58. The van der Waals surface area contributed by atoms with E-state index in [1.54, 1.807) is 32.9 Å². The minimum absolute atomic E-state index is 0.00708. The first kappa shape index (κ1) is 25.6. The molecule has 4 rings (SSSR count). The number of methoxy groups -OCH3 is 2. The first-order valence-corrected chi connectivity index (χ1v) is 11.5. The lowest BCUT2D eigenvalue weighted by Crippen LogP contribution is -2.32. The molecule has 0 atom stereocenters. The van der Waals surface area contributed by atoms with Crippen LogP contribution in [0.4, 0.5) is 0 Å². The van der Waals surface area contributed by atoms with E-state index in [1.807, 2.05) is 0 Å². The maximum atomic E-state index is 13.7. The number of carbonyl (C=O) groups excluding carboxylic acids is 5. The van der Waals surface area contributed by atoms with Crippen LogP contribution in [0.2, 0.25) is 0 Å². The Labute approximate surface area is 213 Å². The summed E-state index contributed by atoms with van der Waals surface area (Å²) in [5.74, 6) is -2.24. The maximum Gasteiger partial charge on any atom is 0.325 e. The summed E-state index contributed by atoms with van der Waals surface area (Å²) in [6.45, 7) is 4.95. The number of hydrogen-bond donors (Lipinski definition) is 1. The Hall–Kier alpha value is -4.53. The van der Waals surface area contributed by atoms with Crippen molar-refractivity contribution in [2.24, 2.45) is 0 Å². The van der Waals surface area contributed by atoms with Gasteiger partial charge in [0.05, 0.1) is 37.7 Å². The average Bonchev–Trinajstić information content (AvgIpc) is 2.86. The highest BCUT2D eigenvalue weighted by Crippen LogP contribution is 2.42. The van der Waals surface area contributed by atoms with Gasteiger partial charge in [0.25, 0.3) is 0 Å². The van der Waals surface area contributed by atoms with E-state index in [9.17, 15) is 24.0 Å². The normalized spacial score (nSPS) is 14.4. The van der Waals surface area contributed by atoms with Crippen molar-refractivity contribution in [2.45, 2.75) is 20.8 Å². The van der Waals surface area contributed by atoms with E-state index in [0.717, 1.165) is 11.6 Å². The van der Waals surface area contributed by atoms with Crippen LogP contribution < -0.4 is 14.8 Å². The Balaban J connectivity index is 1.85. The number of aryl methyl sites for hydroxylation is 2. The van der Waals surface area contributed by atoms with E-state index in [0.29, 0.717) is 11.3 Å². The van der Waals surface area contributed by atoms with E-state index in [2.05, 4.69) is 5.32 Å². The zero-order chi connectivity index (χ0) is 27.0. The molecule has 9 heteroatoms. The number of fused-ring (bicyclic) bond motifs is 2. The number of esters is 1. The van der Waals surface area contributed by atoms with Crippen LogP contribution in [-0.4, -0.2) is 56.5 Å². The fourth-order valence-electron chi connectivity index (χ4n) is 4.61. The quantitative estimate of drug-likeness (QED) is 0.567. The zero-order valence-electron chi connectivity index (χ0n) is 21.1. The summed E-state index contributed by atoms with van der Waals surface area (Å²) in [6, 6.07) is 4.78. The van der Waals surface area contributed by atoms with Crippen LogP contribution in [0.25, 0.3) is 5.57 Å². The monoisotopic (exact) mass is 503 g/mol. The van der Waals surface area contributed by atoms with Gasteiger partial charge in [0, 0.05) is 28.3 Å². The van der Waals surface area contributed by atoms with Gasteiger partial charge >= 0.3 is 5.97 Å². The summed E-state index contributed by atoms with van der Waals surface area (Å²) < 4.78 is 15.8. The van der Waals surface area contributed by atoms with Gasteiger partial charge in [-0.1, -0.05) is 0 Å². The predicted octanol–water partition coefficient (Wildman–Crippen LogP) is 3.20. The number of rotatable bonds is 7. The van der Waals surface area contributed by atoms with E-state index < -0.39 is 29.1 Å². The van der Waals surface area contributed by atoms with Crippen LogP contribution in [0, 0.1) is 13.8 Å². The van der Waals surface area contributed by atoms with Crippen molar-refractivity contribution in [3.05, 3.63) is 75.0 Å². The van der Waals surface area contributed by atoms with Gasteiger partial charge in [-0.2, -0.15) is 0 Å². The van der Waals surface area contributed by atoms with Gasteiger partial charge in [-0.3, -0.25) is 24.0 Å². The standard InChI is InChI=1S/C28H25NO8/c1-6-37-22(32)12-29-18-11-19(30)15-9-14(3)23(28(36-5)25(15)27(18)34)17-10-20(31)24-16(26(17)33)7-13(2)8-21(24)35-4/h7-11,29H,6,12H2,1-5H3. The van der Waals surface area contributed by atoms with E-state index in [-0.39, 0.29) is 58.0 Å². The summed E-state index contributed by atoms with van der Waals surface area (Å²) in [7, 11) is 2.74. The third-order valence-corrected chi connectivity index (χ3v) is 6.17. The zero-order valence-corrected chi connectivity index (χ0v) is 21.1. The molecule has 0 bridgehead atoms. The van der Waals surface area contributed by atoms with Gasteiger partial charge in [0.1, 0.15) is 18.0 Å². The highest BCUT2D eigenvalue weighted by atomic mass is 16.5. The number of benzene rings is 2. The molecule has 0 unspecified atom stereocenters. The molecular formula is C28H25NO8. The third kappa shape index (κ3) is 4.33. The Kier molecular flexibility index (Phi) is 6.80. The molecule has 0 spiro atoms. The molecule has 2 aromatic rings. The summed E-state index contributed by atoms with van der Waals surface area (Å²) in [4.78, 5) is 64.9. The first-order valence-electron chi connectivity index (χ1n) is 11.5. The summed E-state index contributed by atoms with van der Waals surface area (Å²) in [6.07, 6.45) is 2.31. The van der Waals surface area contributed by atoms with Crippen molar-refractivity contribution in [3.8, 4) is 11.5 Å². The van der Waals surface area contributed by atoms with E-state index >= 15 is 0 Å². The van der Waals surface area contributed by atoms with Crippen LogP contribution in [0.5, 0.6) is 11.5 Å². The SMILES string of the molecule is CCOC(=O)CNC1=CC(=O)c2cc(C)c(C3=CC(=O)c4c(OC)cc(C)cc4C3=O)c(OC)c2C1=O. The molecule has 0 amide bonds. The van der Waals surface area contributed by atoms with Crippen molar-refractivity contribution in [1.29, 1.82) is 0 Å². The second kappa shape index (κ2) is 9.85. The molecule has 0 fully saturated rings. The molecule has 9 nitrogen and oxygen atoms in total. The molecule has 0 saturated heterocycles. The van der Waals surface area contributed by atoms with Crippen molar-refractivity contribution >= 4 is 34.7 Å². The smallest absolute Gasteiger partial charge is 0.325 e. The molecule has 190 valence electrons. The molecule has 2 aromatic carbocycles. The number of ether oxygens (including phenoxy) is 3. The lowest BCUT2D eigenvalue weighted by Gasteiger charge is -2.25. The molecule has 0 aromatic heterocycles. The van der Waals surface area contributed by atoms with Crippen molar-refractivity contribution in [3.63, 3.8) is 0 Å². The molecule has 0 saturated carbocycles. The Morgan fingerprint density at radius 2 is 1.57 bits per heavy atom. The Morgan fingerprint density at radius 1 is 0.838 bits per heavy atom. The van der Waals surface area contributed by atoms with Gasteiger partial charge in [0.2, 0.25) is 5.78 Å². The highest BCUT2D eigenvalue weighted by Gasteiger charge is 2.36. The number of carbonyl (C=O) groups is 5. The molecule has 0 radical (unpaired) electrons. The van der Waals surface area contributed by atoms with Gasteiger partial charge in [0.15, 0.2) is 17.3 Å². The Morgan fingerprint density at radius 3 is 2.22 bits per heavy atom. The second-order valence-corrected chi connectivity index (χ2v) is 8.58. The van der Waals surface area contributed by atoms with Gasteiger partial charge in [-0.15, -0.1) is 0 Å². The minimum atomic E-state index is -0.593. The molecule has 2 aliphatic carbocycles. The average molecular weight is 504 g/mol. The molecular weight excluding hydrogens is 478 g/mol. The van der Waals surface area contributed by atoms with E-state index in [4.69, 9.17) is 14.2 Å². The highest BCUT2D eigenvalue weighted by molar-refractivity contribution is 6.40. The van der Waals surface area contributed by atoms with Crippen molar-refractivity contribution < 1.29 is 38.2 Å².